The van der Waals surface area contributed by atoms with Gasteiger partial charge in [0.05, 0.1) is 0 Å². The van der Waals surface area contributed by atoms with Gasteiger partial charge in [0, 0.05) is 13.1 Å². The summed E-state index contributed by atoms with van der Waals surface area (Å²) in [5.74, 6) is -0.745. The molecular weight excluding hydrogens is 161 g/mol. The molecule has 0 aliphatic heterocycles. The molecule has 1 aromatic rings. The first kappa shape index (κ1) is 8.64. The number of hydrogen-bond donors (Lipinski definition) is 0. The van der Waals surface area contributed by atoms with E-state index in [2.05, 4.69) is 9.72 Å². The molecule has 1 aromatic heterocycles. The highest BCUT2D eigenvalue weighted by atomic mass is 19.1. The fourth-order valence-electron chi connectivity index (χ4n) is 0.691. The van der Waals surface area contributed by atoms with E-state index in [1.807, 2.05) is 0 Å². The molecule has 0 N–H and O–H groups in total. The molecule has 3 nitrogen and oxygen atoms in total. The van der Waals surface area contributed by atoms with Gasteiger partial charge in [-0.2, -0.15) is 0 Å². The summed E-state index contributed by atoms with van der Waals surface area (Å²) in [5.41, 5.74) is 0.113. The monoisotopic (exact) mass is 169 g/mol. The van der Waals surface area contributed by atoms with Crippen LogP contribution in [0.3, 0.4) is 0 Å². The standard InChI is InChI=1S/C8H8FNO2/c1-6(9)12-8(11)7-4-2-3-5-10-7/h2-6H,1H3. The van der Waals surface area contributed by atoms with Crippen LogP contribution in [0.5, 0.6) is 0 Å². The molecule has 1 heterocycles. The molecule has 0 bridgehead atoms. The number of rotatable bonds is 2. The number of nitrogens with zero attached hydrogens (tertiary/aromatic N) is 1. The molecule has 1 rings (SSSR count). The molecule has 1 unspecified atom stereocenters. The van der Waals surface area contributed by atoms with E-state index < -0.39 is 12.3 Å². The predicted octanol–water partition coefficient (Wildman–Crippen LogP) is 1.55. The third-order valence-electron chi connectivity index (χ3n) is 1.14. The third kappa shape index (κ3) is 2.30. The maximum atomic E-state index is 12.2. The molecule has 0 radical (unpaired) electrons. The lowest BCUT2D eigenvalue weighted by Gasteiger charge is -2.02. The van der Waals surface area contributed by atoms with Crippen LogP contribution in [0.1, 0.15) is 17.4 Å². The van der Waals surface area contributed by atoms with Crippen LogP contribution in [0.15, 0.2) is 24.4 Å². The number of aromatic nitrogens is 1. The molecule has 0 aromatic carbocycles. The number of ether oxygens (including phenoxy) is 1. The van der Waals surface area contributed by atoms with Gasteiger partial charge >= 0.3 is 5.97 Å². The van der Waals surface area contributed by atoms with Gasteiger partial charge in [-0.3, -0.25) is 0 Å². The Morgan fingerprint density at radius 1 is 1.67 bits per heavy atom. The number of carbonyl (C=O) groups excluding carboxylic acids is 1. The Morgan fingerprint density at radius 3 is 2.92 bits per heavy atom. The van der Waals surface area contributed by atoms with E-state index in [0.29, 0.717) is 0 Å². The number of carbonyl (C=O) groups is 1. The molecule has 1 atom stereocenters. The van der Waals surface area contributed by atoms with Crippen LogP contribution in [0.25, 0.3) is 0 Å². The van der Waals surface area contributed by atoms with E-state index in [9.17, 15) is 9.18 Å². The molecule has 0 fully saturated rings. The largest absolute Gasteiger partial charge is 0.427 e. The minimum Gasteiger partial charge on any atom is -0.427 e. The van der Waals surface area contributed by atoms with Gasteiger partial charge in [-0.05, 0) is 12.1 Å². The molecule has 0 saturated carbocycles. The molecular formula is C8H8FNO2. The summed E-state index contributed by atoms with van der Waals surface area (Å²) in [6.45, 7) is 1.14. The van der Waals surface area contributed by atoms with Crippen molar-refractivity contribution < 1.29 is 13.9 Å². The van der Waals surface area contributed by atoms with Gasteiger partial charge < -0.3 is 4.74 Å². The van der Waals surface area contributed by atoms with Gasteiger partial charge in [-0.15, -0.1) is 0 Å². The van der Waals surface area contributed by atoms with E-state index in [-0.39, 0.29) is 5.69 Å². The lowest BCUT2D eigenvalue weighted by molar-refractivity contribution is -0.00634. The van der Waals surface area contributed by atoms with Crippen molar-refractivity contribution in [1.29, 1.82) is 0 Å². The van der Waals surface area contributed by atoms with Crippen molar-refractivity contribution in [3.8, 4) is 0 Å². The summed E-state index contributed by atoms with van der Waals surface area (Å²) in [6, 6.07) is 4.76. The predicted molar refractivity (Wildman–Crippen MR) is 40.2 cm³/mol. The molecule has 0 spiro atoms. The van der Waals surface area contributed by atoms with Crippen molar-refractivity contribution in [3.63, 3.8) is 0 Å². The maximum Gasteiger partial charge on any atom is 0.359 e. The molecule has 64 valence electrons. The van der Waals surface area contributed by atoms with E-state index in [4.69, 9.17) is 0 Å². The maximum absolute atomic E-state index is 12.2. The van der Waals surface area contributed by atoms with E-state index >= 15 is 0 Å². The average molecular weight is 169 g/mol. The second kappa shape index (κ2) is 3.80. The lowest BCUT2D eigenvalue weighted by atomic mass is 10.4. The highest BCUT2D eigenvalue weighted by Gasteiger charge is 2.10. The fourth-order valence-corrected chi connectivity index (χ4v) is 0.691. The van der Waals surface area contributed by atoms with Gasteiger partial charge in [0.2, 0.25) is 6.36 Å². The molecule has 0 saturated heterocycles. The van der Waals surface area contributed by atoms with Crippen LogP contribution < -0.4 is 0 Å². The Balaban J connectivity index is 2.66. The van der Waals surface area contributed by atoms with Crippen LogP contribution >= 0.6 is 0 Å². The van der Waals surface area contributed by atoms with Gasteiger partial charge in [0.25, 0.3) is 0 Å². The van der Waals surface area contributed by atoms with Crippen molar-refractivity contribution in [2.45, 2.75) is 13.3 Å². The van der Waals surface area contributed by atoms with E-state index in [0.717, 1.165) is 6.92 Å². The molecule has 4 heteroatoms. The zero-order valence-corrected chi connectivity index (χ0v) is 6.53. The number of esters is 1. The van der Waals surface area contributed by atoms with Crippen molar-refractivity contribution >= 4 is 5.97 Å². The average Bonchev–Trinajstić information content (AvgIpc) is 2.05. The van der Waals surface area contributed by atoms with Crippen molar-refractivity contribution in [3.05, 3.63) is 30.1 Å². The normalized spacial score (nSPS) is 12.2. The SMILES string of the molecule is CC(F)OC(=O)c1ccccn1. The van der Waals surface area contributed by atoms with E-state index in [1.54, 1.807) is 12.1 Å². The lowest BCUT2D eigenvalue weighted by Crippen LogP contribution is -2.11. The summed E-state index contributed by atoms with van der Waals surface area (Å²) in [4.78, 5) is 14.6. The highest BCUT2D eigenvalue weighted by molar-refractivity contribution is 5.87. The molecule has 12 heavy (non-hydrogen) atoms. The minimum atomic E-state index is -1.60. The van der Waals surface area contributed by atoms with Crippen molar-refractivity contribution in [1.82, 2.24) is 4.98 Å². The Hall–Kier alpha value is -1.45. The van der Waals surface area contributed by atoms with Crippen LogP contribution in [-0.4, -0.2) is 17.3 Å². The first-order valence-electron chi connectivity index (χ1n) is 3.46. The van der Waals surface area contributed by atoms with Gasteiger partial charge in [0.15, 0.2) is 0 Å². The van der Waals surface area contributed by atoms with Crippen LogP contribution in [0.4, 0.5) is 4.39 Å². The molecule has 0 aliphatic carbocycles. The second-order valence-corrected chi connectivity index (χ2v) is 2.16. The Labute approximate surface area is 69.2 Å². The number of hydrogen-bond acceptors (Lipinski definition) is 3. The third-order valence-corrected chi connectivity index (χ3v) is 1.14. The highest BCUT2D eigenvalue weighted by Crippen LogP contribution is 2.00. The van der Waals surface area contributed by atoms with Crippen LogP contribution in [-0.2, 0) is 4.74 Å². The topological polar surface area (TPSA) is 39.2 Å². The first-order valence-corrected chi connectivity index (χ1v) is 3.46. The smallest absolute Gasteiger partial charge is 0.359 e. The quantitative estimate of drug-likeness (QED) is 0.630. The fraction of sp³-hybridized carbons (Fsp3) is 0.250. The minimum absolute atomic E-state index is 0.113. The second-order valence-electron chi connectivity index (χ2n) is 2.16. The summed E-state index contributed by atoms with van der Waals surface area (Å²) in [7, 11) is 0. The Morgan fingerprint density at radius 2 is 2.42 bits per heavy atom. The molecule has 0 amide bonds. The summed E-state index contributed by atoms with van der Waals surface area (Å²) in [6.07, 6.45) is -0.154. The van der Waals surface area contributed by atoms with E-state index in [1.165, 1.54) is 12.3 Å². The Bertz CT molecular complexity index is 261. The van der Waals surface area contributed by atoms with Gasteiger partial charge in [-0.25, -0.2) is 14.2 Å². The zero-order chi connectivity index (χ0) is 8.97. The summed E-state index contributed by atoms with van der Waals surface area (Å²) < 4.78 is 16.4. The Kier molecular flexibility index (Phi) is 2.74. The van der Waals surface area contributed by atoms with Gasteiger partial charge in [0.1, 0.15) is 5.69 Å². The van der Waals surface area contributed by atoms with Crippen molar-refractivity contribution in [2.75, 3.05) is 0 Å². The van der Waals surface area contributed by atoms with Gasteiger partial charge in [-0.1, -0.05) is 6.07 Å². The zero-order valence-electron chi connectivity index (χ0n) is 6.53. The van der Waals surface area contributed by atoms with Crippen LogP contribution in [0.2, 0.25) is 0 Å². The van der Waals surface area contributed by atoms with Crippen LogP contribution in [0, 0.1) is 0 Å². The summed E-state index contributed by atoms with van der Waals surface area (Å²) in [5, 5.41) is 0. The number of pyridine rings is 1. The number of alkyl halides is 1. The molecule has 0 aliphatic rings. The number of halogens is 1. The first-order chi connectivity index (χ1) is 5.70. The van der Waals surface area contributed by atoms with Crippen molar-refractivity contribution in [2.24, 2.45) is 0 Å². The summed E-state index contributed by atoms with van der Waals surface area (Å²) >= 11 is 0.